The van der Waals surface area contributed by atoms with Crippen molar-refractivity contribution in [2.24, 2.45) is 5.73 Å². The number of para-hydroxylation sites is 1. The Morgan fingerprint density at radius 3 is 2.58 bits per heavy atom. The molecule has 0 aliphatic carbocycles. The third-order valence-corrected chi connectivity index (χ3v) is 3.80. The highest BCUT2D eigenvalue weighted by Crippen LogP contribution is 2.30. The average Bonchev–Trinajstić information content (AvgIpc) is 2.34. The van der Waals surface area contributed by atoms with Gasteiger partial charge in [-0.05, 0) is 59.1 Å². The van der Waals surface area contributed by atoms with Crippen LogP contribution in [0.2, 0.25) is 0 Å². The Morgan fingerprint density at radius 1 is 1.21 bits per heavy atom. The zero-order valence-electron chi connectivity index (χ0n) is 10.8. The first-order valence-corrected chi connectivity index (χ1v) is 7.12. The molecule has 0 spiro atoms. The maximum Gasteiger partial charge on any atom is 0.106 e. The van der Waals surface area contributed by atoms with E-state index in [4.69, 9.17) is 18.0 Å². The second-order valence-electron chi connectivity index (χ2n) is 4.47. The first-order chi connectivity index (χ1) is 8.99. The minimum Gasteiger partial charge on any atom is -0.389 e. The van der Waals surface area contributed by atoms with Gasteiger partial charge in [0.15, 0.2) is 0 Å². The molecule has 0 heterocycles. The van der Waals surface area contributed by atoms with E-state index in [2.05, 4.69) is 40.3 Å². The lowest BCUT2D eigenvalue weighted by molar-refractivity contribution is 1.39. The molecule has 0 aliphatic rings. The van der Waals surface area contributed by atoms with E-state index in [0.29, 0.717) is 4.99 Å². The monoisotopic (exact) mass is 334 g/mol. The Morgan fingerprint density at radius 2 is 1.95 bits per heavy atom. The van der Waals surface area contributed by atoms with Crippen molar-refractivity contribution in [1.82, 2.24) is 0 Å². The van der Waals surface area contributed by atoms with Crippen molar-refractivity contribution >= 4 is 44.5 Å². The molecule has 0 amide bonds. The zero-order valence-corrected chi connectivity index (χ0v) is 13.2. The SMILES string of the molecule is Cc1ccc(Nc2c(C)cccc2C(N)=S)c(Br)c1. The smallest absolute Gasteiger partial charge is 0.106 e. The molecule has 0 fully saturated rings. The molecule has 0 saturated carbocycles. The number of nitrogens with one attached hydrogen (secondary N) is 1. The van der Waals surface area contributed by atoms with E-state index < -0.39 is 0 Å². The molecule has 0 aromatic heterocycles. The Hall–Kier alpha value is -1.39. The number of hydrogen-bond donors (Lipinski definition) is 2. The molecule has 0 unspecified atom stereocenters. The van der Waals surface area contributed by atoms with Crippen LogP contribution in [0.5, 0.6) is 0 Å². The van der Waals surface area contributed by atoms with Gasteiger partial charge in [-0.2, -0.15) is 0 Å². The minimum atomic E-state index is 0.398. The first-order valence-electron chi connectivity index (χ1n) is 5.91. The molecule has 98 valence electrons. The predicted molar refractivity (Wildman–Crippen MR) is 89.2 cm³/mol. The maximum absolute atomic E-state index is 5.78. The van der Waals surface area contributed by atoms with Crippen LogP contribution in [0.25, 0.3) is 0 Å². The normalized spacial score (nSPS) is 10.3. The zero-order chi connectivity index (χ0) is 14.0. The van der Waals surface area contributed by atoms with E-state index >= 15 is 0 Å². The number of nitrogens with two attached hydrogens (primary N) is 1. The van der Waals surface area contributed by atoms with Gasteiger partial charge in [-0.1, -0.05) is 30.4 Å². The average molecular weight is 335 g/mol. The minimum absolute atomic E-state index is 0.398. The number of hydrogen-bond acceptors (Lipinski definition) is 2. The van der Waals surface area contributed by atoms with Crippen LogP contribution < -0.4 is 11.1 Å². The van der Waals surface area contributed by atoms with Gasteiger partial charge >= 0.3 is 0 Å². The number of benzene rings is 2. The number of halogens is 1. The van der Waals surface area contributed by atoms with Crippen LogP contribution in [0.1, 0.15) is 16.7 Å². The molecule has 0 saturated heterocycles. The van der Waals surface area contributed by atoms with Crippen molar-refractivity contribution in [1.29, 1.82) is 0 Å². The maximum atomic E-state index is 5.78. The van der Waals surface area contributed by atoms with Crippen LogP contribution in [-0.2, 0) is 0 Å². The second kappa shape index (κ2) is 5.72. The standard InChI is InChI=1S/C15H15BrN2S/c1-9-6-7-13(12(16)8-9)18-14-10(2)4-3-5-11(14)15(17)19/h3-8,18H,1-2H3,(H2,17,19). The number of aryl methyl sites for hydroxylation is 2. The molecule has 0 radical (unpaired) electrons. The van der Waals surface area contributed by atoms with Gasteiger partial charge in [-0.25, -0.2) is 0 Å². The Labute approximate surface area is 127 Å². The lowest BCUT2D eigenvalue weighted by Crippen LogP contribution is -2.12. The highest BCUT2D eigenvalue weighted by Gasteiger charge is 2.09. The molecule has 2 aromatic carbocycles. The third kappa shape index (κ3) is 3.14. The van der Waals surface area contributed by atoms with E-state index in [-0.39, 0.29) is 0 Å². The summed E-state index contributed by atoms with van der Waals surface area (Å²) in [7, 11) is 0. The summed E-state index contributed by atoms with van der Waals surface area (Å²) in [6, 6.07) is 12.1. The summed E-state index contributed by atoms with van der Waals surface area (Å²) >= 11 is 8.67. The third-order valence-electron chi connectivity index (χ3n) is 2.92. The first kappa shape index (κ1) is 14.0. The number of thiocarbonyl (C=S) groups is 1. The van der Waals surface area contributed by atoms with Gasteiger partial charge in [0.2, 0.25) is 0 Å². The van der Waals surface area contributed by atoms with Gasteiger partial charge in [0, 0.05) is 10.0 Å². The molecule has 2 nitrogen and oxygen atoms in total. The number of rotatable bonds is 3. The summed E-state index contributed by atoms with van der Waals surface area (Å²) in [6.45, 7) is 4.09. The lowest BCUT2D eigenvalue weighted by Gasteiger charge is -2.15. The van der Waals surface area contributed by atoms with Crippen LogP contribution in [0.15, 0.2) is 40.9 Å². The Kier molecular flexibility index (Phi) is 4.22. The van der Waals surface area contributed by atoms with Gasteiger partial charge in [0.1, 0.15) is 4.99 Å². The van der Waals surface area contributed by atoms with E-state index in [1.54, 1.807) is 0 Å². The quantitative estimate of drug-likeness (QED) is 0.814. The van der Waals surface area contributed by atoms with Crippen LogP contribution in [0.3, 0.4) is 0 Å². The van der Waals surface area contributed by atoms with Crippen LogP contribution in [-0.4, -0.2) is 4.99 Å². The molecule has 19 heavy (non-hydrogen) atoms. The highest BCUT2D eigenvalue weighted by molar-refractivity contribution is 9.10. The number of anilines is 2. The van der Waals surface area contributed by atoms with Gasteiger partial charge in [0.25, 0.3) is 0 Å². The fourth-order valence-corrected chi connectivity index (χ4v) is 2.66. The molecule has 4 heteroatoms. The van der Waals surface area contributed by atoms with Crippen molar-refractivity contribution in [3.63, 3.8) is 0 Å². The molecule has 2 rings (SSSR count). The second-order valence-corrected chi connectivity index (χ2v) is 5.76. The van der Waals surface area contributed by atoms with Crippen molar-refractivity contribution in [3.05, 3.63) is 57.6 Å². The topological polar surface area (TPSA) is 38.0 Å². The molecular formula is C15H15BrN2S. The van der Waals surface area contributed by atoms with Crippen molar-refractivity contribution in [2.45, 2.75) is 13.8 Å². The molecule has 0 atom stereocenters. The molecular weight excluding hydrogens is 320 g/mol. The summed E-state index contributed by atoms with van der Waals surface area (Å²) in [4.78, 5) is 0.398. The summed E-state index contributed by atoms with van der Waals surface area (Å²) in [5, 5.41) is 3.40. The van der Waals surface area contributed by atoms with E-state index in [1.807, 2.05) is 31.2 Å². The molecule has 3 N–H and O–H groups in total. The van der Waals surface area contributed by atoms with Gasteiger partial charge in [0.05, 0.1) is 11.4 Å². The van der Waals surface area contributed by atoms with Gasteiger partial charge in [-0.3, -0.25) is 0 Å². The van der Waals surface area contributed by atoms with E-state index in [9.17, 15) is 0 Å². The fraction of sp³-hybridized carbons (Fsp3) is 0.133. The van der Waals surface area contributed by atoms with Gasteiger partial charge < -0.3 is 11.1 Å². The van der Waals surface area contributed by atoms with E-state index in [1.165, 1.54) is 5.56 Å². The van der Waals surface area contributed by atoms with E-state index in [0.717, 1.165) is 27.0 Å². The molecule has 0 aliphatic heterocycles. The predicted octanol–water partition coefficient (Wildman–Crippen LogP) is 4.44. The summed E-state index contributed by atoms with van der Waals surface area (Å²) in [5.74, 6) is 0. The Bertz CT molecular complexity index is 638. The summed E-state index contributed by atoms with van der Waals surface area (Å²) in [5.41, 5.74) is 10.9. The fourth-order valence-electron chi connectivity index (χ4n) is 1.90. The van der Waals surface area contributed by atoms with Crippen molar-refractivity contribution < 1.29 is 0 Å². The highest BCUT2D eigenvalue weighted by atomic mass is 79.9. The summed E-state index contributed by atoms with van der Waals surface area (Å²) in [6.07, 6.45) is 0. The lowest BCUT2D eigenvalue weighted by atomic mass is 10.1. The summed E-state index contributed by atoms with van der Waals surface area (Å²) < 4.78 is 1.02. The molecule has 2 aromatic rings. The Balaban J connectivity index is 2.46. The van der Waals surface area contributed by atoms with Crippen molar-refractivity contribution in [2.75, 3.05) is 5.32 Å². The molecule has 0 bridgehead atoms. The van der Waals surface area contributed by atoms with Crippen molar-refractivity contribution in [3.8, 4) is 0 Å². The van der Waals surface area contributed by atoms with Crippen LogP contribution in [0, 0.1) is 13.8 Å². The largest absolute Gasteiger partial charge is 0.389 e. The van der Waals surface area contributed by atoms with Gasteiger partial charge in [-0.15, -0.1) is 0 Å². The van der Waals surface area contributed by atoms with Crippen LogP contribution in [0.4, 0.5) is 11.4 Å². The van der Waals surface area contributed by atoms with Crippen LogP contribution >= 0.6 is 28.1 Å².